The van der Waals surface area contributed by atoms with Crippen LogP contribution < -0.4 is 14.4 Å². The van der Waals surface area contributed by atoms with Gasteiger partial charge in [-0.05, 0) is 74.6 Å². The largest absolute Gasteiger partial charge is 0.468 e. The van der Waals surface area contributed by atoms with Crippen molar-refractivity contribution in [3.63, 3.8) is 0 Å². The Morgan fingerprint density at radius 1 is 1.04 bits per heavy atom. The van der Waals surface area contributed by atoms with Gasteiger partial charge in [0.2, 0.25) is 0 Å². The van der Waals surface area contributed by atoms with Crippen LogP contribution in [0.25, 0.3) is 32.9 Å². The Kier molecular flexibility index (Phi) is 9.38. The molecule has 5 heterocycles. The van der Waals surface area contributed by atoms with Gasteiger partial charge in [0, 0.05) is 44.8 Å². The lowest BCUT2D eigenvalue weighted by Gasteiger charge is -2.42. The summed E-state index contributed by atoms with van der Waals surface area (Å²) < 4.78 is 60.7. The van der Waals surface area contributed by atoms with E-state index in [0.29, 0.717) is 84.4 Å². The molecule has 2 aromatic carbocycles. The van der Waals surface area contributed by atoms with Crippen molar-refractivity contribution in [3.8, 4) is 23.0 Å². The number of hydrogen-bond donors (Lipinski definition) is 0. The van der Waals surface area contributed by atoms with Crippen LogP contribution in [-0.2, 0) is 20.6 Å². The molecule has 3 aliphatic rings. The van der Waals surface area contributed by atoms with Gasteiger partial charge in [-0.3, -0.25) is 9.88 Å². The molecule has 3 aliphatic heterocycles. The fourth-order valence-electron chi connectivity index (χ4n) is 7.37. The number of pyridine rings is 1. The third-order valence-corrected chi connectivity index (χ3v) is 9.56. The summed E-state index contributed by atoms with van der Waals surface area (Å²) in [4.78, 5) is 31.3. The summed E-state index contributed by atoms with van der Waals surface area (Å²) in [7, 11) is 1.51. The van der Waals surface area contributed by atoms with E-state index in [1.807, 2.05) is 32.6 Å². The van der Waals surface area contributed by atoms with E-state index in [1.54, 1.807) is 24.4 Å². The number of methoxy groups -OCH3 is 1. The predicted octanol–water partition coefficient (Wildman–Crippen LogP) is 6.81. The van der Waals surface area contributed by atoms with Crippen molar-refractivity contribution in [2.75, 3.05) is 45.1 Å². The highest BCUT2D eigenvalue weighted by Gasteiger charge is 2.45. The summed E-state index contributed by atoms with van der Waals surface area (Å²) in [6.45, 7) is 9.46. The maximum atomic E-state index is 17.1. The van der Waals surface area contributed by atoms with E-state index in [0.717, 1.165) is 12.8 Å². The maximum absolute atomic E-state index is 17.1. The second kappa shape index (κ2) is 13.7. The molecule has 7 rings (SSSR count). The zero-order valence-corrected chi connectivity index (χ0v) is 29.1. The topological polar surface area (TPSA) is 108 Å². The standard InChI is InChI=1S/C37H43F2N5O6/c1-6-26-29(38)10-7-21-15-25(48-20-46-5)16-27(30(21)26)32-31(39)33-28(17-40-32)34(42-35(41-33)49-24-11-13-47-14-12-24)43-18-22-8-9-23(19-43)44(22)36(45)50-37(2,3)4/h7,10,15-17,22-24H,6,8-9,11-14,18-20H2,1-5H3. The van der Waals surface area contributed by atoms with E-state index in [1.165, 1.54) is 13.2 Å². The number of benzene rings is 2. The summed E-state index contributed by atoms with van der Waals surface area (Å²) in [5.74, 6) is -0.160. The predicted molar refractivity (Wildman–Crippen MR) is 184 cm³/mol. The highest BCUT2D eigenvalue weighted by Crippen LogP contribution is 2.41. The van der Waals surface area contributed by atoms with Gasteiger partial charge < -0.3 is 28.6 Å². The monoisotopic (exact) mass is 691 g/mol. The Hall–Kier alpha value is -4.36. The number of ether oxygens (including phenoxy) is 5. The highest BCUT2D eigenvalue weighted by atomic mass is 19.1. The molecule has 11 nitrogen and oxygen atoms in total. The number of anilines is 1. The molecule has 2 atom stereocenters. The lowest BCUT2D eigenvalue weighted by atomic mass is 9.94. The Morgan fingerprint density at radius 2 is 1.78 bits per heavy atom. The molecule has 13 heteroatoms. The minimum absolute atomic E-state index is 0.00199. The van der Waals surface area contributed by atoms with Crippen LogP contribution in [0.15, 0.2) is 30.5 Å². The first-order valence-corrected chi connectivity index (χ1v) is 17.3. The van der Waals surface area contributed by atoms with Gasteiger partial charge in [-0.15, -0.1) is 0 Å². The van der Waals surface area contributed by atoms with Crippen LogP contribution in [0.4, 0.5) is 19.4 Å². The average molecular weight is 692 g/mol. The number of amides is 1. The van der Waals surface area contributed by atoms with E-state index >= 15 is 8.78 Å². The number of halogens is 2. The molecular formula is C37H43F2N5O6. The Labute approximate surface area is 289 Å². The van der Waals surface area contributed by atoms with Crippen LogP contribution in [0.5, 0.6) is 11.8 Å². The van der Waals surface area contributed by atoms with Crippen molar-refractivity contribution in [3.05, 3.63) is 47.7 Å². The number of rotatable bonds is 8. The van der Waals surface area contributed by atoms with Crippen LogP contribution >= 0.6 is 0 Å². The van der Waals surface area contributed by atoms with Gasteiger partial charge in [0.25, 0.3) is 0 Å². The number of carbonyl (C=O) groups excluding carboxylic acids is 1. The van der Waals surface area contributed by atoms with Crippen LogP contribution in [0.1, 0.15) is 58.9 Å². The van der Waals surface area contributed by atoms with E-state index < -0.39 is 11.4 Å². The summed E-state index contributed by atoms with van der Waals surface area (Å²) in [6, 6.07) is 6.34. The summed E-state index contributed by atoms with van der Waals surface area (Å²) in [5, 5.41) is 1.64. The number of hydrogen-bond acceptors (Lipinski definition) is 10. The van der Waals surface area contributed by atoms with Gasteiger partial charge in [0.1, 0.15) is 40.3 Å². The van der Waals surface area contributed by atoms with Gasteiger partial charge in [-0.25, -0.2) is 13.6 Å². The Balaban J connectivity index is 1.35. The van der Waals surface area contributed by atoms with Crippen molar-refractivity contribution in [1.82, 2.24) is 19.9 Å². The van der Waals surface area contributed by atoms with Crippen molar-refractivity contribution < 1.29 is 37.3 Å². The molecule has 3 fully saturated rings. The van der Waals surface area contributed by atoms with Gasteiger partial charge in [-0.2, -0.15) is 9.97 Å². The van der Waals surface area contributed by atoms with E-state index in [2.05, 4.69) is 14.9 Å². The lowest BCUT2D eigenvalue weighted by molar-refractivity contribution is 0.0121. The number of aryl methyl sites for hydroxylation is 1. The van der Waals surface area contributed by atoms with Crippen LogP contribution in [-0.4, -0.2) is 89.9 Å². The number of fused-ring (bicyclic) bond motifs is 4. The molecule has 0 radical (unpaired) electrons. The number of piperazine rings is 1. The van der Waals surface area contributed by atoms with Gasteiger partial charge in [0.05, 0.1) is 30.7 Å². The highest BCUT2D eigenvalue weighted by molar-refractivity contribution is 6.02. The van der Waals surface area contributed by atoms with Crippen molar-refractivity contribution >= 4 is 33.6 Å². The van der Waals surface area contributed by atoms with E-state index in [9.17, 15) is 4.79 Å². The van der Waals surface area contributed by atoms with Gasteiger partial charge in [0.15, 0.2) is 12.6 Å². The maximum Gasteiger partial charge on any atom is 0.410 e. The molecular weight excluding hydrogens is 648 g/mol. The van der Waals surface area contributed by atoms with Crippen molar-refractivity contribution in [2.45, 2.75) is 83.6 Å². The molecule has 0 aliphatic carbocycles. The van der Waals surface area contributed by atoms with Crippen LogP contribution in [0, 0.1) is 11.6 Å². The fourth-order valence-corrected chi connectivity index (χ4v) is 7.37. The van der Waals surface area contributed by atoms with Crippen LogP contribution in [0.3, 0.4) is 0 Å². The zero-order valence-electron chi connectivity index (χ0n) is 29.1. The third kappa shape index (κ3) is 6.60. The smallest absolute Gasteiger partial charge is 0.410 e. The second-order valence-electron chi connectivity index (χ2n) is 14.1. The molecule has 0 spiro atoms. The number of nitrogens with zero attached hydrogens (tertiary/aromatic N) is 5. The molecule has 50 heavy (non-hydrogen) atoms. The van der Waals surface area contributed by atoms with Crippen molar-refractivity contribution in [1.29, 1.82) is 0 Å². The van der Waals surface area contributed by atoms with Gasteiger partial charge >= 0.3 is 12.1 Å². The molecule has 2 bridgehead atoms. The molecule has 1 amide bonds. The van der Waals surface area contributed by atoms with Crippen molar-refractivity contribution in [2.24, 2.45) is 0 Å². The second-order valence-corrected chi connectivity index (χ2v) is 14.1. The summed E-state index contributed by atoms with van der Waals surface area (Å²) in [6.07, 6.45) is 4.39. The first-order chi connectivity index (χ1) is 24.0. The molecule has 3 saturated heterocycles. The zero-order chi connectivity index (χ0) is 35.2. The number of aromatic nitrogens is 3. The first-order valence-electron chi connectivity index (χ1n) is 17.3. The minimum Gasteiger partial charge on any atom is -0.468 e. The molecule has 2 aromatic heterocycles. The SMILES string of the molecule is CCc1c(F)ccc2cc(OCOC)cc(-c3ncc4c(N5CC6CCC(C5)N6C(=O)OC(C)(C)C)nc(OC5CCOCC5)nc4c3F)c12. The molecule has 4 aromatic rings. The first kappa shape index (κ1) is 34.1. The van der Waals surface area contributed by atoms with E-state index in [-0.39, 0.29) is 54.1 Å². The summed E-state index contributed by atoms with van der Waals surface area (Å²) >= 11 is 0. The fraction of sp³-hybridized carbons (Fsp3) is 0.514. The van der Waals surface area contributed by atoms with Crippen LogP contribution in [0.2, 0.25) is 0 Å². The molecule has 266 valence electrons. The molecule has 0 N–H and O–H groups in total. The normalized spacial score (nSPS) is 19.7. The summed E-state index contributed by atoms with van der Waals surface area (Å²) in [5.41, 5.74) is 0.248. The van der Waals surface area contributed by atoms with E-state index in [4.69, 9.17) is 28.7 Å². The molecule has 0 saturated carbocycles. The lowest BCUT2D eigenvalue weighted by Crippen LogP contribution is -2.57. The quantitative estimate of drug-likeness (QED) is 0.183. The minimum atomic E-state index is -0.685. The van der Waals surface area contributed by atoms with Gasteiger partial charge in [-0.1, -0.05) is 13.0 Å². The average Bonchev–Trinajstić information content (AvgIpc) is 3.36. The Morgan fingerprint density at radius 3 is 2.46 bits per heavy atom. The number of carbonyl (C=O) groups is 1. The third-order valence-electron chi connectivity index (χ3n) is 9.56. The Bertz CT molecular complexity index is 1900. The molecule has 2 unspecified atom stereocenters.